The highest BCUT2D eigenvalue weighted by Gasteiger charge is 2.21. The SMILES string of the molecule is C[C@H](NC(=O)N(C)[C@H](C)c1ccccn1)c1ccc2c(c1)OCO2. The molecule has 0 spiro atoms. The lowest BCUT2D eigenvalue weighted by atomic mass is 10.1. The molecule has 1 aliphatic heterocycles. The highest BCUT2D eigenvalue weighted by Crippen LogP contribution is 2.34. The van der Waals surface area contributed by atoms with Crippen molar-refractivity contribution in [1.29, 1.82) is 0 Å². The first kappa shape index (κ1) is 16.1. The van der Waals surface area contributed by atoms with Crippen molar-refractivity contribution >= 4 is 6.03 Å². The number of benzene rings is 1. The van der Waals surface area contributed by atoms with Crippen LogP contribution in [0.4, 0.5) is 4.79 Å². The lowest BCUT2D eigenvalue weighted by Crippen LogP contribution is -2.40. The largest absolute Gasteiger partial charge is 0.454 e. The molecule has 2 amide bonds. The summed E-state index contributed by atoms with van der Waals surface area (Å²) < 4.78 is 10.7. The zero-order valence-electron chi connectivity index (χ0n) is 14.0. The Labute approximate surface area is 141 Å². The molecule has 2 aromatic rings. The summed E-state index contributed by atoms with van der Waals surface area (Å²) in [5.41, 5.74) is 1.82. The Hall–Kier alpha value is -2.76. The first-order chi connectivity index (χ1) is 11.6. The van der Waals surface area contributed by atoms with Crippen molar-refractivity contribution in [3.05, 3.63) is 53.9 Å². The van der Waals surface area contributed by atoms with E-state index in [9.17, 15) is 4.79 Å². The average Bonchev–Trinajstić information content (AvgIpc) is 3.08. The zero-order valence-corrected chi connectivity index (χ0v) is 14.0. The van der Waals surface area contributed by atoms with Crippen molar-refractivity contribution in [2.45, 2.75) is 25.9 Å². The van der Waals surface area contributed by atoms with Crippen molar-refractivity contribution in [2.75, 3.05) is 13.8 Å². The molecular formula is C18H21N3O3. The van der Waals surface area contributed by atoms with Crippen LogP contribution in [0.1, 0.15) is 37.2 Å². The van der Waals surface area contributed by atoms with Crippen LogP contribution in [-0.4, -0.2) is 29.8 Å². The Morgan fingerprint density at radius 1 is 1.21 bits per heavy atom. The molecule has 1 aromatic carbocycles. The van der Waals surface area contributed by atoms with Gasteiger partial charge in [0, 0.05) is 13.2 Å². The van der Waals surface area contributed by atoms with Crippen molar-refractivity contribution < 1.29 is 14.3 Å². The number of rotatable bonds is 4. The molecule has 3 rings (SSSR count). The summed E-state index contributed by atoms with van der Waals surface area (Å²) in [6.45, 7) is 4.13. The molecule has 6 heteroatoms. The minimum absolute atomic E-state index is 0.116. The summed E-state index contributed by atoms with van der Waals surface area (Å²) in [6, 6.07) is 11.0. The number of carbonyl (C=O) groups excluding carboxylic acids is 1. The summed E-state index contributed by atoms with van der Waals surface area (Å²) in [5, 5.41) is 3.00. The lowest BCUT2D eigenvalue weighted by Gasteiger charge is -2.26. The second-order valence-electron chi connectivity index (χ2n) is 5.83. The third-order valence-electron chi connectivity index (χ3n) is 4.25. The minimum Gasteiger partial charge on any atom is -0.454 e. The molecular weight excluding hydrogens is 306 g/mol. The number of hydrogen-bond acceptors (Lipinski definition) is 4. The van der Waals surface area contributed by atoms with E-state index in [1.807, 2.05) is 50.2 Å². The molecule has 1 aromatic heterocycles. The fraction of sp³-hybridized carbons (Fsp3) is 0.333. The first-order valence-electron chi connectivity index (χ1n) is 7.90. The van der Waals surface area contributed by atoms with Gasteiger partial charge in [-0.05, 0) is 43.7 Å². The molecule has 1 aliphatic rings. The van der Waals surface area contributed by atoms with E-state index in [2.05, 4.69) is 10.3 Å². The molecule has 1 N–H and O–H groups in total. The van der Waals surface area contributed by atoms with E-state index in [0.717, 1.165) is 17.0 Å². The van der Waals surface area contributed by atoms with Crippen molar-refractivity contribution in [1.82, 2.24) is 15.2 Å². The molecule has 0 aliphatic carbocycles. The molecule has 0 unspecified atom stereocenters. The van der Waals surface area contributed by atoms with Crippen molar-refractivity contribution in [2.24, 2.45) is 0 Å². The van der Waals surface area contributed by atoms with E-state index in [1.54, 1.807) is 18.1 Å². The molecule has 6 nitrogen and oxygen atoms in total. The van der Waals surface area contributed by atoms with Crippen LogP contribution in [0, 0.1) is 0 Å². The molecule has 0 saturated heterocycles. The van der Waals surface area contributed by atoms with Gasteiger partial charge in [0.15, 0.2) is 11.5 Å². The molecule has 0 saturated carbocycles. The molecule has 0 fully saturated rings. The van der Waals surface area contributed by atoms with Gasteiger partial charge in [0.25, 0.3) is 0 Å². The fourth-order valence-electron chi connectivity index (χ4n) is 2.55. The van der Waals surface area contributed by atoms with Gasteiger partial charge in [0.2, 0.25) is 6.79 Å². The van der Waals surface area contributed by atoms with Gasteiger partial charge in [-0.25, -0.2) is 4.79 Å². The van der Waals surface area contributed by atoms with E-state index in [0.29, 0.717) is 5.75 Å². The Morgan fingerprint density at radius 3 is 2.75 bits per heavy atom. The maximum atomic E-state index is 12.5. The summed E-state index contributed by atoms with van der Waals surface area (Å²) >= 11 is 0. The number of aromatic nitrogens is 1. The fourth-order valence-corrected chi connectivity index (χ4v) is 2.55. The maximum Gasteiger partial charge on any atom is 0.318 e. The molecule has 24 heavy (non-hydrogen) atoms. The van der Waals surface area contributed by atoms with Crippen LogP contribution in [0.25, 0.3) is 0 Å². The third kappa shape index (κ3) is 3.27. The van der Waals surface area contributed by atoms with E-state index in [4.69, 9.17) is 9.47 Å². The van der Waals surface area contributed by atoms with Gasteiger partial charge in [0.1, 0.15) is 0 Å². The highest BCUT2D eigenvalue weighted by atomic mass is 16.7. The van der Waals surface area contributed by atoms with E-state index in [1.165, 1.54) is 0 Å². The molecule has 126 valence electrons. The van der Waals surface area contributed by atoms with Gasteiger partial charge in [-0.1, -0.05) is 12.1 Å². The minimum atomic E-state index is -0.154. The monoisotopic (exact) mass is 327 g/mol. The van der Waals surface area contributed by atoms with Crippen molar-refractivity contribution in [3.63, 3.8) is 0 Å². The smallest absolute Gasteiger partial charge is 0.318 e. The van der Waals surface area contributed by atoms with Gasteiger partial charge in [-0.3, -0.25) is 4.98 Å². The molecule has 2 heterocycles. The lowest BCUT2D eigenvalue weighted by molar-refractivity contribution is 0.174. The number of amides is 2. The second-order valence-corrected chi connectivity index (χ2v) is 5.83. The van der Waals surface area contributed by atoms with Crippen LogP contribution in [0.3, 0.4) is 0 Å². The topological polar surface area (TPSA) is 63.7 Å². The summed E-state index contributed by atoms with van der Waals surface area (Å²) in [6.07, 6.45) is 1.73. The summed E-state index contributed by atoms with van der Waals surface area (Å²) in [7, 11) is 1.76. The normalized spacial score (nSPS) is 14.8. The highest BCUT2D eigenvalue weighted by molar-refractivity contribution is 5.75. The van der Waals surface area contributed by atoms with E-state index in [-0.39, 0.29) is 24.9 Å². The van der Waals surface area contributed by atoms with Crippen LogP contribution in [0.15, 0.2) is 42.6 Å². The van der Waals surface area contributed by atoms with Crippen molar-refractivity contribution in [3.8, 4) is 11.5 Å². The first-order valence-corrected chi connectivity index (χ1v) is 7.90. The van der Waals surface area contributed by atoms with Gasteiger partial charge in [-0.15, -0.1) is 0 Å². The van der Waals surface area contributed by atoms with Crippen LogP contribution < -0.4 is 14.8 Å². The predicted octanol–water partition coefficient (Wildman–Crippen LogP) is 3.27. The Balaban J connectivity index is 1.65. The zero-order chi connectivity index (χ0) is 17.1. The van der Waals surface area contributed by atoms with Crippen LogP contribution in [0.2, 0.25) is 0 Å². The number of nitrogens with one attached hydrogen (secondary N) is 1. The Bertz CT molecular complexity index is 721. The standard InChI is InChI=1S/C18H21N3O3/c1-12(14-7-8-16-17(10-14)24-11-23-16)20-18(22)21(3)13(2)15-6-4-5-9-19-15/h4-10,12-13H,11H2,1-3H3,(H,20,22)/t12-,13+/m0/s1. The summed E-state index contributed by atoms with van der Waals surface area (Å²) in [5.74, 6) is 1.45. The number of fused-ring (bicyclic) bond motifs is 1. The number of hydrogen-bond donors (Lipinski definition) is 1. The van der Waals surface area contributed by atoms with Gasteiger partial charge < -0.3 is 19.7 Å². The molecule has 0 radical (unpaired) electrons. The second kappa shape index (κ2) is 6.78. The maximum absolute atomic E-state index is 12.5. The van der Waals surface area contributed by atoms with E-state index < -0.39 is 0 Å². The number of urea groups is 1. The average molecular weight is 327 g/mol. The van der Waals surface area contributed by atoms with E-state index >= 15 is 0 Å². The van der Waals surface area contributed by atoms with Gasteiger partial charge >= 0.3 is 6.03 Å². The van der Waals surface area contributed by atoms with Gasteiger partial charge in [-0.2, -0.15) is 0 Å². The quantitative estimate of drug-likeness (QED) is 0.936. The number of ether oxygens (including phenoxy) is 2. The Morgan fingerprint density at radius 2 is 2.00 bits per heavy atom. The van der Waals surface area contributed by atoms with Crippen LogP contribution in [-0.2, 0) is 0 Å². The van der Waals surface area contributed by atoms with Gasteiger partial charge in [0.05, 0.1) is 17.8 Å². The molecule has 2 atom stereocenters. The number of pyridine rings is 1. The molecule has 0 bridgehead atoms. The Kier molecular flexibility index (Phi) is 4.55. The van der Waals surface area contributed by atoms with Crippen LogP contribution in [0.5, 0.6) is 11.5 Å². The van der Waals surface area contributed by atoms with Crippen LogP contribution >= 0.6 is 0 Å². The predicted molar refractivity (Wildman–Crippen MR) is 89.9 cm³/mol. The number of carbonyl (C=O) groups is 1. The summed E-state index contributed by atoms with van der Waals surface area (Å²) in [4.78, 5) is 18.5. The third-order valence-corrected chi connectivity index (χ3v) is 4.25. The number of nitrogens with zero attached hydrogens (tertiary/aromatic N) is 2.